The molecule has 2 N–H and O–H groups in total. The number of hydrogen-bond donors (Lipinski definition) is 2. The van der Waals surface area contributed by atoms with E-state index in [4.69, 9.17) is 5.11 Å². The van der Waals surface area contributed by atoms with Crippen LogP contribution in [0.2, 0.25) is 0 Å². The highest BCUT2D eigenvalue weighted by Gasteiger charge is 2.23. The second-order valence-corrected chi connectivity index (χ2v) is 9.89. The summed E-state index contributed by atoms with van der Waals surface area (Å²) in [5.41, 5.74) is 2.28. The van der Waals surface area contributed by atoms with Gasteiger partial charge in [0.2, 0.25) is 0 Å². The molecule has 0 saturated heterocycles. The quantitative estimate of drug-likeness (QED) is 0.331. The second-order valence-electron chi connectivity index (χ2n) is 8.81. The maximum atomic E-state index is 12.6. The van der Waals surface area contributed by atoms with Crippen LogP contribution >= 0.6 is 11.3 Å². The highest BCUT2D eigenvalue weighted by Crippen LogP contribution is 2.16. The van der Waals surface area contributed by atoms with Crippen molar-refractivity contribution in [2.75, 3.05) is 27.7 Å². The lowest BCUT2D eigenvalue weighted by Crippen LogP contribution is -2.49. The van der Waals surface area contributed by atoms with Crippen molar-refractivity contribution in [3.63, 3.8) is 0 Å². The van der Waals surface area contributed by atoms with E-state index in [0.29, 0.717) is 15.9 Å². The Balaban J connectivity index is 1.99. The fourth-order valence-corrected chi connectivity index (χ4v) is 4.05. The highest BCUT2D eigenvalue weighted by molar-refractivity contribution is 7.14. The number of hydrogen-bond acceptors (Lipinski definition) is 3. The van der Waals surface area contributed by atoms with Gasteiger partial charge in [-0.15, -0.1) is 11.3 Å². The highest BCUT2D eigenvalue weighted by atomic mass is 32.1. The molecule has 0 aliphatic rings. The first-order valence-corrected chi connectivity index (χ1v) is 11.5. The summed E-state index contributed by atoms with van der Waals surface area (Å²) in [7, 11) is 5.91. The van der Waals surface area contributed by atoms with Gasteiger partial charge in [0.05, 0.1) is 49.9 Å². The van der Waals surface area contributed by atoms with Crippen LogP contribution in [0.1, 0.15) is 58.3 Å². The molecule has 0 radical (unpaired) electrons. The molecular weight excluding hydrogens is 408 g/mol. The largest absolute Gasteiger partial charge is 0.481 e. The molecule has 1 aromatic carbocycles. The zero-order chi connectivity index (χ0) is 22.9. The van der Waals surface area contributed by atoms with E-state index in [9.17, 15) is 9.59 Å². The molecule has 0 bridgehead atoms. The molecule has 1 aromatic heterocycles. The van der Waals surface area contributed by atoms with Gasteiger partial charge in [-0.05, 0) is 42.7 Å². The van der Waals surface area contributed by atoms with E-state index in [0.717, 1.165) is 16.9 Å². The van der Waals surface area contributed by atoms with Gasteiger partial charge >= 0.3 is 5.97 Å². The number of benzene rings is 1. The summed E-state index contributed by atoms with van der Waals surface area (Å²) < 4.78 is 0.566. The number of quaternary nitrogens is 1. The third-order valence-electron chi connectivity index (χ3n) is 4.71. The lowest BCUT2D eigenvalue weighted by Gasteiger charge is -2.29. The fourth-order valence-electron chi connectivity index (χ4n) is 3.28. The zero-order valence-corrected chi connectivity index (χ0v) is 19.7. The summed E-state index contributed by atoms with van der Waals surface area (Å²) >= 11 is 1.32. The minimum Gasteiger partial charge on any atom is -0.481 e. The predicted molar refractivity (Wildman–Crippen MR) is 126 cm³/mol. The summed E-state index contributed by atoms with van der Waals surface area (Å²) in [6.07, 6.45) is 4.68. The van der Waals surface area contributed by atoms with Crippen LogP contribution in [0.15, 0.2) is 36.4 Å². The molecule has 2 aromatic rings. The van der Waals surface area contributed by atoms with Gasteiger partial charge in [-0.1, -0.05) is 43.7 Å². The topological polar surface area (TPSA) is 66.4 Å². The summed E-state index contributed by atoms with van der Waals surface area (Å²) in [5, 5.41) is 12.0. The first-order valence-electron chi connectivity index (χ1n) is 10.7. The van der Waals surface area contributed by atoms with Gasteiger partial charge in [0.15, 0.2) is 0 Å². The normalized spacial score (nSPS) is 12.0. The number of unbranched alkanes of at least 4 members (excludes halogenated alkanes) is 2. The number of carbonyl (C=O) groups excluding carboxylic acids is 1. The number of carboxylic acids is 1. The molecule has 0 saturated carbocycles. The average molecular weight is 442 g/mol. The predicted octanol–water partition coefficient (Wildman–Crippen LogP) is 4.16. The van der Waals surface area contributed by atoms with E-state index in [1.807, 2.05) is 39.3 Å². The van der Waals surface area contributed by atoms with Crippen LogP contribution in [0.25, 0.3) is 0 Å². The average Bonchev–Trinajstić information content (AvgIpc) is 3.15. The van der Waals surface area contributed by atoms with E-state index in [1.54, 1.807) is 6.07 Å². The van der Waals surface area contributed by atoms with Gasteiger partial charge in [-0.3, -0.25) is 9.59 Å². The molecule has 2 rings (SSSR count). The number of nitrogens with one attached hydrogen (secondary N) is 1. The maximum absolute atomic E-state index is 12.6. The van der Waals surface area contributed by atoms with Crippen molar-refractivity contribution >= 4 is 23.2 Å². The molecule has 5 nitrogen and oxygen atoms in total. The Bertz CT molecular complexity index is 930. The molecule has 31 heavy (non-hydrogen) atoms. The minimum atomic E-state index is -0.923. The molecule has 1 unspecified atom stereocenters. The van der Waals surface area contributed by atoms with Crippen molar-refractivity contribution in [3.8, 4) is 11.8 Å². The van der Waals surface area contributed by atoms with Crippen LogP contribution in [0.4, 0.5) is 0 Å². The Morgan fingerprint density at radius 1 is 1.06 bits per heavy atom. The third kappa shape index (κ3) is 9.37. The van der Waals surface area contributed by atoms with Crippen molar-refractivity contribution in [2.45, 2.75) is 45.1 Å². The molecule has 0 aliphatic carbocycles. The Kier molecular flexibility index (Phi) is 9.29. The van der Waals surface area contributed by atoms with Gasteiger partial charge in [0, 0.05) is 5.56 Å². The molecule has 166 valence electrons. The summed E-state index contributed by atoms with van der Waals surface area (Å²) in [4.78, 5) is 25.1. The van der Waals surface area contributed by atoms with E-state index in [1.165, 1.54) is 36.2 Å². The molecule has 0 aliphatic heterocycles. The lowest BCUT2D eigenvalue weighted by atomic mass is 10.1. The van der Waals surface area contributed by atoms with Gasteiger partial charge < -0.3 is 14.9 Å². The first kappa shape index (κ1) is 24.6. The first-order chi connectivity index (χ1) is 14.7. The molecule has 1 heterocycles. The van der Waals surface area contributed by atoms with Crippen LogP contribution in [-0.2, 0) is 11.2 Å². The molecule has 0 fully saturated rings. The molecule has 6 heteroatoms. The smallest absolute Gasteiger partial charge is 0.305 e. The molecule has 1 atom stereocenters. The van der Waals surface area contributed by atoms with Crippen molar-refractivity contribution in [3.05, 3.63) is 57.3 Å². The number of likely N-dealkylation sites (N-methyl/N-ethyl adjacent to an activating group) is 1. The van der Waals surface area contributed by atoms with E-state index in [2.05, 4.69) is 36.2 Å². The minimum absolute atomic E-state index is 0.103. The van der Waals surface area contributed by atoms with E-state index < -0.39 is 12.0 Å². The Hall–Kier alpha value is -2.62. The Morgan fingerprint density at radius 2 is 1.77 bits per heavy atom. The SMILES string of the molecule is CCCCCc1ccc(C#Cc2ccc(C(=O)NC(CC(=O)O)C[N+](C)(C)C)s2)cc1. The fraction of sp³-hybridized carbons (Fsp3) is 0.440. The van der Waals surface area contributed by atoms with Gasteiger partial charge in [0.25, 0.3) is 5.91 Å². The third-order valence-corrected chi connectivity index (χ3v) is 5.71. The maximum Gasteiger partial charge on any atom is 0.305 e. The molecular formula is C25H33N2O3S+. The number of aliphatic carboxylic acids is 1. The number of rotatable bonds is 10. The monoisotopic (exact) mass is 441 g/mol. The Labute approximate surface area is 189 Å². The number of carbonyl (C=O) groups is 2. The molecule has 0 spiro atoms. The van der Waals surface area contributed by atoms with E-state index >= 15 is 0 Å². The van der Waals surface area contributed by atoms with Crippen LogP contribution in [0.5, 0.6) is 0 Å². The number of nitrogens with zero attached hydrogens (tertiary/aromatic N) is 1. The van der Waals surface area contributed by atoms with Crippen LogP contribution < -0.4 is 5.32 Å². The van der Waals surface area contributed by atoms with Crippen LogP contribution in [0, 0.1) is 11.8 Å². The molecule has 1 amide bonds. The zero-order valence-electron chi connectivity index (χ0n) is 18.9. The van der Waals surface area contributed by atoms with Crippen molar-refractivity contribution < 1.29 is 19.2 Å². The van der Waals surface area contributed by atoms with Crippen molar-refractivity contribution in [1.82, 2.24) is 5.32 Å². The van der Waals surface area contributed by atoms with E-state index in [-0.39, 0.29) is 12.3 Å². The lowest BCUT2D eigenvalue weighted by molar-refractivity contribution is -0.871. The summed E-state index contributed by atoms with van der Waals surface area (Å²) in [6, 6.07) is 11.5. The summed E-state index contributed by atoms with van der Waals surface area (Å²) in [5.74, 6) is 5.10. The van der Waals surface area contributed by atoms with Crippen LogP contribution in [0.3, 0.4) is 0 Å². The summed E-state index contributed by atoms with van der Waals surface area (Å²) in [6.45, 7) is 2.74. The van der Waals surface area contributed by atoms with Crippen molar-refractivity contribution in [2.24, 2.45) is 0 Å². The number of thiophene rings is 1. The second kappa shape index (κ2) is 11.7. The van der Waals surface area contributed by atoms with Gasteiger partial charge in [-0.25, -0.2) is 0 Å². The number of aryl methyl sites for hydroxylation is 1. The standard InChI is InChI=1S/C25H32N2O3S/c1-5-6-7-8-19-9-11-20(12-10-19)13-14-22-15-16-23(31-22)25(30)26-21(17-24(28)29)18-27(2,3)4/h9-12,15-16,21H,5-8,17-18H2,1-4H3,(H-,26,28,29,30)/p+1. The van der Waals surface area contributed by atoms with Gasteiger partial charge in [0.1, 0.15) is 0 Å². The van der Waals surface area contributed by atoms with Crippen LogP contribution in [-0.4, -0.2) is 55.2 Å². The van der Waals surface area contributed by atoms with Gasteiger partial charge in [-0.2, -0.15) is 0 Å². The Morgan fingerprint density at radius 3 is 2.39 bits per heavy atom. The van der Waals surface area contributed by atoms with Crippen molar-refractivity contribution in [1.29, 1.82) is 0 Å². The number of carboxylic acid groups (broad SMARTS) is 1. The number of amides is 1.